The maximum absolute atomic E-state index is 14.3. The fourth-order valence-corrected chi connectivity index (χ4v) is 4.82. The van der Waals surface area contributed by atoms with Crippen molar-refractivity contribution in [2.24, 2.45) is 0 Å². The number of hydrogen-bond acceptors (Lipinski definition) is 6. The molecule has 11 heteroatoms. The van der Waals surface area contributed by atoms with Crippen molar-refractivity contribution < 1.29 is 23.5 Å². The number of aromatic carboxylic acids is 1. The zero-order chi connectivity index (χ0) is 24.9. The van der Waals surface area contributed by atoms with Crippen LogP contribution in [0.2, 0.25) is 0 Å². The van der Waals surface area contributed by atoms with Crippen molar-refractivity contribution in [3.63, 3.8) is 0 Å². The summed E-state index contributed by atoms with van der Waals surface area (Å²) in [7, 11) is 0. The van der Waals surface area contributed by atoms with Gasteiger partial charge in [-0.3, -0.25) is 19.1 Å². The highest BCUT2D eigenvalue weighted by atomic mass is 32.1. The molecule has 1 aliphatic heterocycles. The van der Waals surface area contributed by atoms with Gasteiger partial charge in [0.1, 0.15) is 17.5 Å². The van der Waals surface area contributed by atoms with Crippen LogP contribution >= 0.6 is 11.3 Å². The standard InChI is InChI=1S/C24H16F2N4O4S/c1-12(31)30(20-5-3-15(25)10-18(20)26)24-27-16(11-35-24)8-13-6-7-29-21(13)28-19-9-14(23(33)34)2-4-17(19)22(29)32/h2-5,8-11H,6-7H2,1H3,(H,33,34)/b13-8-. The summed E-state index contributed by atoms with van der Waals surface area (Å²) in [6, 6.07) is 7.11. The number of thiazole rings is 1. The molecule has 0 saturated carbocycles. The van der Waals surface area contributed by atoms with E-state index in [1.54, 1.807) is 11.5 Å². The first-order chi connectivity index (χ1) is 16.7. The maximum Gasteiger partial charge on any atom is 0.335 e. The van der Waals surface area contributed by atoms with Gasteiger partial charge in [-0.2, -0.15) is 0 Å². The van der Waals surface area contributed by atoms with Crippen molar-refractivity contribution in [1.82, 2.24) is 14.5 Å². The van der Waals surface area contributed by atoms with Gasteiger partial charge in [-0.15, -0.1) is 11.3 Å². The molecule has 4 aromatic rings. The lowest BCUT2D eigenvalue weighted by molar-refractivity contribution is -0.115. The largest absolute Gasteiger partial charge is 0.478 e. The van der Waals surface area contributed by atoms with Gasteiger partial charge in [0.25, 0.3) is 5.56 Å². The molecule has 1 amide bonds. The van der Waals surface area contributed by atoms with Crippen LogP contribution in [-0.2, 0) is 11.3 Å². The highest BCUT2D eigenvalue weighted by Crippen LogP contribution is 2.33. The summed E-state index contributed by atoms with van der Waals surface area (Å²) < 4.78 is 29.2. The molecular weight excluding hydrogens is 478 g/mol. The fraction of sp³-hybridized carbons (Fsp3) is 0.125. The number of fused-ring (bicyclic) bond motifs is 2. The van der Waals surface area contributed by atoms with Crippen LogP contribution in [0.15, 0.2) is 46.6 Å². The Morgan fingerprint density at radius 3 is 2.69 bits per heavy atom. The Kier molecular flexibility index (Phi) is 5.48. The molecule has 3 heterocycles. The van der Waals surface area contributed by atoms with E-state index in [1.165, 1.54) is 35.8 Å². The summed E-state index contributed by atoms with van der Waals surface area (Å²) >= 11 is 1.10. The number of carbonyl (C=O) groups excluding carboxylic acids is 1. The molecule has 0 fully saturated rings. The lowest BCUT2D eigenvalue weighted by Gasteiger charge is -2.18. The molecule has 0 atom stereocenters. The molecule has 2 aromatic carbocycles. The Balaban J connectivity index is 1.54. The molecule has 1 N–H and O–H groups in total. The van der Waals surface area contributed by atoms with E-state index in [1.807, 2.05) is 0 Å². The minimum Gasteiger partial charge on any atom is -0.478 e. The summed E-state index contributed by atoms with van der Waals surface area (Å²) in [5.74, 6) is -2.86. The Bertz CT molecular complexity index is 1630. The minimum atomic E-state index is -1.12. The third-order valence-corrected chi connectivity index (χ3v) is 6.43. The van der Waals surface area contributed by atoms with Gasteiger partial charge in [0, 0.05) is 24.9 Å². The molecule has 5 rings (SSSR count). The monoisotopic (exact) mass is 494 g/mol. The molecule has 0 spiro atoms. The van der Waals surface area contributed by atoms with Crippen molar-refractivity contribution in [3.8, 4) is 0 Å². The van der Waals surface area contributed by atoms with Crippen LogP contribution in [0.4, 0.5) is 19.6 Å². The van der Waals surface area contributed by atoms with Gasteiger partial charge in [-0.05, 0) is 48.4 Å². The normalized spacial score (nSPS) is 13.9. The van der Waals surface area contributed by atoms with Crippen molar-refractivity contribution >= 4 is 56.6 Å². The molecule has 0 bridgehead atoms. The van der Waals surface area contributed by atoms with E-state index in [9.17, 15) is 28.3 Å². The summed E-state index contributed by atoms with van der Waals surface area (Å²) in [6.45, 7) is 1.66. The van der Waals surface area contributed by atoms with E-state index in [-0.39, 0.29) is 27.5 Å². The van der Waals surface area contributed by atoms with Crippen molar-refractivity contribution in [2.45, 2.75) is 19.9 Å². The molecule has 0 aliphatic carbocycles. The molecule has 2 aromatic heterocycles. The average molecular weight is 494 g/mol. The molecule has 1 aliphatic rings. The zero-order valence-electron chi connectivity index (χ0n) is 18.2. The number of carbonyl (C=O) groups is 2. The number of halogens is 2. The SMILES string of the molecule is CC(=O)N(c1nc(/C=C2/CCn3c2nc2cc(C(=O)O)ccc2c3=O)cs1)c1ccc(F)cc1F. The van der Waals surface area contributed by atoms with Crippen molar-refractivity contribution in [3.05, 3.63) is 80.8 Å². The number of carboxylic acids is 1. The Morgan fingerprint density at radius 1 is 1.17 bits per heavy atom. The van der Waals surface area contributed by atoms with Crippen molar-refractivity contribution in [1.29, 1.82) is 0 Å². The molecule has 0 radical (unpaired) electrons. The van der Waals surface area contributed by atoms with Gasteiger partial charge in [0.2, 0.25) is 5.91 Å². The topological polar surface area (TPSA) is 105 Å². The van der Waals surface area contributed by atoms with Gasteiger partial charge in [-0.25, -0.2) is 23.5 Å². The highest BCUT2D eigenvalue weighted by Gasteiger charge is 2.24. The van der Waals surface area contributed by atoms with Crippen LogP contribution in [-0.4, -0.2) is 31.5 Å². The maximum atomic E-state index is 14.3. The van der Waals surface area contributed by atoms with Crippen LogP contribution in [0, 0.1) is 11.6 Å². The molecule has 35 heavy (non-hydrogen) atoms. The number of anilines is 2. The van der Waals surface area contributed by atoms with E-state index < -0.39 is 23.5 Å². The van der Waals surface area contributed by atoms with Crippen molar-refractivity contribution in [2.75, 3.05) is 4.90 Å². The van der Waals surface area contributed by atoms with Gasteiger partial charge in [0.05, 0.1) is 27.8 Å². The molecule has 0 unspecified atom stereocenters. The van der Waals surface area contributed by atoms with E-state index >= 15 is 0 Å². The number of amides is 1. The number of hydrogen-bond donors (Lipinski definition) is 1. The summed E-state index contributed by atoms with van der Waals surface area (Å²) in [5, 5.41) is 11.4. The second kappa shape index (κ2) is 8.51. The lowest BCUT2D eigenvalue weighted by Crippen LogP contribution is -2.23. The predicted octanol–water partition coefficient (Wildman–Crippen LogP) is 4.46. The second-order valence-corrected chi connectivity index (χ2v) is 8.69. The summed E-state index contributed by atoms with van der Waals surface area (Å²) in [4.78, 5) is 46.5. The van der Waals surface area contributed by atoms with Gasteiger partial charge >= 0.3 is 5.97 Å². The summed E-state index contributed by atoms with van der Waals surface area (Å²) in [6.07, 6.45) is 2.22. The number of nitrogens with zero attached hydrogens (tertiary/aromatic N) is 4. The summed E-state index contributed by atoms with van der Waals surface area (Å²) in [5.41, 5.74) is 1.10. The van der Waals surface area contributed by atoms with E-state index in [4.69, 9.17) is 0 Å². The van der Waals surface area contributed by atoms with E-state index in [0.29, 0.717) is 41.5 Å². The van der Waals surface area contributed by atoms with Crippen LogP contribution < -0.4 is 10.5 Å². The molecule has 8 nitrogen and oxygen atoms in total. The van der Waals surface area contributed by atoms with Gasteiger partial charge in [-0.1, -0.05) is 0 Å². The number of rotatable bonds is 4. The second-order valence-electron chi connectivity index (χ2n) is 7.85. The molecule has 176 valence electrons. The highest BCUT2D eigenvalue weighted by molar-refractivity contribution is 7.14. The first-order valence-corrected chi connectivity index (χ1v) is 11.3. The van der Waals surface area contributed by atoms with Gasteiger partial charge in [0.15, 0.2) is 5.13 Å². The minimum absolute atomic E-state index is 0.0272. The smallest absolute Gasteiger partial charge is 0.335 e. The zero-order valence-corrected chi connectivity index (χ0v) is 19.0. The third-order valence-electron chi connectivity index (χ3n) is 5.58. The average Bonchev–Trinajstić information content (AvgIpc) is 3.43. The fourth-order valence-electron chi connectivity index (χ4n) is 3.98. The van der Waals surface area contributed by atoms with E-state index in [2.05, 4.69) is 9.97 Å². The molecule has 0 saturated heterocycles. The Hall–Kier alpha value is -4.25. The first-order valence-electron chi connectivity index (χ1n) is 10.4. The Morgan fingerprint density at radius 2 is 1.97 bits per heavy atom. The van der Waals surface area contributed by atoms with Gasteiger partial charge < -0.3 is 5.11 Å². The van der Waals surface area contributed by atoms with E-state index in [0.717, 1.165) is 22.3 Å². The number of allylic oxidation sites excluding steroid dienone is 1. The number of aromatic nitrogens is 3. The number of benzene rings is 2. The van der Waals surface area contributed by atoms with Crippen LogP contribution in [0.25, 0.3) is 22.6 Å². The van der Waals surface area contributed by atoms with Crippen LogP contribution in [0.3, 0.4) is 0 Å². The van der Waals surface area contributed by atoms with Crippen LogP contribution in [0.1, 0.15) is 35.2 Å². The first kappa shape index (κ1) is 22.5. The van der Waals surface area contributed by atoms with Crippen LogP contribution in [0.5, 0.6) is 0 Å². The number of carboxylic acid groups (broad SMARTS) is 1. The molecular formula is C24H16F2N4O4S. The Labute approximate surface area is 200 Å². The predicted molar refractivity (Wildman–Crippen MR) is 127 cm³/mol. The quantitative estimate of drug-likeness (QED) is 0.449. The third kappa shape index (κ3) is 3.99. The lowest BCUT2D eigenvalue weighted by atomic mass is 10.1.